The second kappa shape index (κ2) is 12.3. The molecule has 7 nitrogen and oxygen atoms in total. The van der Waals surface area contributed by atoms with E-state index in [0.29, 0.717) is 19.5 Å². The Hall–Kier alpha value is -1.79. The van der Waals surface area contributed by atoms with Gasteiger partial charge in [-0.1, -0.05) is 19.8 Å². The highest BCUT2D eigenvalue weighted by atomic mass is 16.4. The van der Waals surface area contributed by atoms with Gasteiger partial charge in [0.25, 0.3) is 0 Å². The van der Waals surface area contributed by atoms with E-state index >= 15 is 0 Å². The van der Waals surface area contributed by atoms with Crippen LogP contribution in [0.25, 0.3) is 0 Å². The van der Waals surface area contributed by atoms with Gasteiger partial charge in [0, 0.05) is 19.5 Å². The zero-order chi connectivity index (χ0) is 15.2. The number of rotatable bonds is 11. The minimum atomic E-state index is -0.774. The molecule has 0 aromatic carbocycles. The molecular weight excluding hydrogens is 262 g/mol. The molecule has 0 aliphatic carbocycles. The molecule has 0 aromatic rings. The molecule has 0 rings (SSSR count). The van der Waals surface area contributed by atoms with Crippen LogP contribution < -0.4 is 16.0 Å². The molecule has 0 fully saturated rings. The Bertz CT molecular complexity index is 308. The van der Waals surface area contributed by atoms with Crippen molar-refractivity contribution in [2.24, 2.45) is 0 Å². The molecule has 0 spiro atoms. The Labute approximate surface area is 119 Å². The molecule has 0 atom stereocenters. The second-order valence-corrected chi connectivity index (χ2v) is 4.52. The maximum Gasteiger partial charge on any atom is 0.315 e. The molecule has 4 N–H and O–H groups in total. The zero-order valence-electron chi connectivity index (χ0n) is 12.0. The van der Waals surface area contributed by atoms with E-state index in [2.05, 4.69) is 16.0 Å². The van der Waals surface area contributed by atoms with Crippen molar-refractivity contribution in [3.8, 4) is 0 Å². The molecular formula is C13H25N3O4. The molecule has 0 unspecified atom stereocenters. The predicted octanol–water partition coefficient (Wildman–Crippen LogP) is 0.847. The van der Waals surface area contributed by atoms with Crippen LogP contribution in [0.1, 0.15) is 45.4 Å². The Morgan fingerprint density at radius 3 is 2.25 bits per heavy atom. The number of hydrogen-bond acceptors (Lipinski definition) is 3. The number of amides is 3. The van der Waals surface area contributed by atoms with Crippen molar-refractivity contribution in [1.29, 1.82) is 0 Å². The van der Waals surface area contributed by atoms with E-state index in [9.17, 15) is 14.4 Å². The Kier molecular flexibility index (Phi) is 11.2. The van der Waals surface area contributed by atoms with Crippen LogP contribution in [0.3, 0.4) is 0 Å². The topological polar surface area (TPSA) is 108 Å². The average molecular weight is 287 g/mol. The van der Waals surface area contributed by atoms with Gasteiger partial charge in [-0.15, -0.1) is 0 Å². The van der Waals surface area contributed by atoms with Crippen LogP contribution in [-0.2, 0) is 9.59 Å². The quantitative estimate of drug-likeness (QED) is 0.422. The van der Waals surface area contributed by atoms with Gasteiger partial charge in [0.2, 0.25) is 5.91 Å². The molecule has 0 radical (unpaired) electrons. The number of nitrogens with one attached hydrogen (secondary N) is 3. The summed E-state index contributed by atoms with van der Waals surface area (Å²) in [6.45, 7) is 3.06. The SMILES string of the molecule is CCCNC(=O)CNC(=O)NCCCCCCC(=O)O. The van der Waals surface area contributed by atoms with Gasteiger partial charge >= 0.3 is 12.0 Å². The van der Waals surface area contributed by atoms with E-state index in [4.69, 9.17) is 5.11 Å². The van der Waals surface area contributed by atoms with E-state index < -0.39 is 5.97 Å². The Balaban J connectivity index is 3.36. The molecule has 116 valence electrons. The van der Waals surface area contributed by atoms with Gasteiger partial charge in [-0.3, -0.25) is 9.59 Å². The summed E-state index contributed by atoms with van der Waals surface area (Å²) >= 11 is 0. The maximum absolute atomic E-state index is 11.3. The van der Waals surface area contributed by atoms with Gasteiger partial charge in [-0.05, 0) is 19.3 Å². The van der Waals surface area contributed by atoms with Crippen molar-refractivity contribution in [1.82, 2.24) is 16.0 Å². The van der Waals surface area contributed by atoms with Gasteiger partial charge in [-0.25, -0.2) is 4.79 Å². The number of carboxylic acids is 1. The Morgan fingerprint density at radius 2 is 1.60 bits per heavy atom. The van der Waals surface area contributed by atoms with E-state index in [1.165, 1.54) is 0 Å². The number of aliphatic carboxylic acids is 1. The Morgan fingerprint density at radius 1 is 0.900 bits per heavy atom. The first-order valence-corrected chi connectivity index (χ1v) is 7.06. The third-order valence-electron chi connectivity index (χ3n) is 2.58. The summed E-state index contributed by atoms with van der Waals surface area (Å²) in [5.74, 6) is -0.973. The first-order chi connectivity index (χ1) is 9.56. The van der Waals surface area contributed by atoms with E-state index in [-0.39, 0.29) is 24.9 Å². The van der Waals surface area contributed by atoms with Crippen LogP contribution in [0.15, 0.2) is 0 Å². The van der Waals surface area contributed by atoms with Gasteiger partial charge in [0.05, 0.1) is 6.54 Å². The van der Waals surface area contributed by atoms with Gasteiger partial charge in [-0.2, -0.15) is 0 Å². The fraction of sp³-hybridized carbons (Fsp3) is 0.769. The third-order valence-corrected chi connectivity index (χ3v) is 2.58. The number of carbonyl (C=O) groups is 3. The summed E-state index contributed by atoms with van der Waals surface area (Å²) in [7, 11) is 0. The molecule has 0 bridgehead atoms. The lowest BCUT2D eigenvalue weighted by molar-refractivity contribution is -0.137. The maximum atomic E-state index is 11.3. The minimum Gasteiger partial charge on any atom is -0.481 e. The zero-order valence-corrected chi connectivity index (χ0v) is 12.0. The van der Waals surface area contributed by atoms with Crippen LogP contribution >= 0.6 is 0 Å². The fourth-order valence-electron chi connectivity index (χ4n) is 1.51. The van der Waals surface area contributed by atoms with E-state index in [0.717, 1.165) is 25.7 Å². The van der Waals surface area contributed by atoms with Crippen LogP contribution in [0.5, 0.6) is 0 Å². The summed E-state index contributed by atoms with van der Waals surface area (Å²) in [5, 5.41) is 16.2. The normalized spacial score (nSPS) is 9.85. The smallest absolute Gasteiger partial charge is 0.315 e. The monoisotopic (exact) mass is 287 g/mol. The van der Waals surface area contributed by atoms with Crippen molar-refractivity contribution in [3.63, 3.8) is 0 Å². The highest BCUT2D eigenvalue weighted by Crippen LogP contribution is 2.01. The predicted molar refractivity (Wildman–Crippen MR) is 75.4 cm³/mol. The minimum absolute atomic E-state index is 0.0234. The molecule has 0 aliphatic rings. The molecule has 0 aliphatic heterocycles. The van der Waals surface area contributed by atoms with Crippen molar-refractivity contribution in [2.75, 3.05) is 19.6 Å². The molecule has 0 aromatic heterocycles. The molecule has 3 amide bonds. The molecule has 20 heavy (non-hydrogen) atoms. The summed E-state index contributed by atoms with van der Waals surface area (Å²) in [5.41, 5.74) is 0. The van der Waals surface area contributed by atoms with Gasteiger partial charge in [0.15, 0.2) is 0 Å². The lowest BCUT2D eigenvalue weighted by atomic mass is 10.1. The fourth-order valence-corrected chi connectivity index (χ4v) is 1.51. The number of carbonyl (C=O) groups excluding carboxylic acids is 2. The highest BCUT2D eigenvalue weighted by Gasteiger charge is 2.03. The number of urea groups is 1. The lowest BCUT2D eigenvalue weighted by Gasteiger charge is -2.07. The first kappa shape index (κ1) is 18.2. The number of unbranched alkanes of at least 4 members (excludes halogenated alkanes) is 3. The standard InChI is InChI=1S/C13H25N3O4/c1-2-8-14-11(17)10-16-13(20)15-9-6-4-3-5-7-12(18)19/h2-10H2,1H3,(H,14,17)(H,18,19)(H2,15,16,20). The number of hydrogen-bond donors (Lipinski definition) is 4. The molecule has 0 saturated carbocycles. The molecule has 0 heterocycles. The van der Waals surface area contributed by atoms with E-state index in [1.807, 2.05) is 6.92 Å². The molecule has 7 heteroatoms. The highest BCUT2D eigenvalue weighted by molar-refractivity contribution is 5.83. The summed E-state index contributed by atoms with van der Waals surface area (Å²) in [6.07, 6.45) is 4.24. The van der Waals surface area contributed by atoms with Crippen LogP contribution in [0, 0.1) is 0 Å². The van der Waals surface area contributed by atoms with Crippen LogP contribution in [0.2, 0.25) is 0 Å². The van der Waals surface area contributed by atoms with Crippen molar-refractivity contribution < 1.29 is 19.5 Å². The van der Waals surface area contributed by atoms with Crippen molar-refractivity contribution >= 4 is 17.9 Å². The summed E-state index contributed by atoms with van der Waals surface area (Å²) in [6, 6.07) is -0.359. The van der Waals surface area contributed by atoms with Gasteiger partial charge < -0.3 is 21.1 Å². The summed E-state index contributed by atoms with van der Waals surface area (Å²) in [4.78, 5) is 32.8. The van der Waals surface area contributed by atoms with E-state index in [1.54, 1.807) is 0 Å². The van der Waals surface area contributed by atoms with Crippen molar-refractivity contribution in [2.45, 2.75) is 45.4 Å². The van der Waals surface area contributed by atoms with Crippen molar-refractivity contribution in [3.05, 3.63) is 0 Å². The third kappa shape index (κ3) is 12.7. The van der Waals surface area contributed by atoms with Crippen LogP contribution in [-0.4, -0.2) is 42.6 Å². The average Bonchev–Trinajstić information content (AvgIpc) is 2.41. The lowest BCUT2D eigenvalue weighted by Crippen LogP contribution is -2.42. The molecule has 0 saturated heterocycles. The van der Waals surface area contributed by atoms with Gasteiger partial charge in [0.1, 0.15) is 0 Å². The van der Waals surface area contributed by atoms with Crippen LogP contribution in [0.4, 0.5) is 4.79 Å². The first-order valence-electron chi connectivity index (χ1n) is 7.06. The largest absolute Gasteiger partial charge is 0.481 e. The number of carboxylic acid groups (broad SMARTS) is 1. The second-order valence-electron chi connectivity index (χ2n) is 4.52. The summed E-state index contributed by atoms with van der Waals surface area (Å²) < 4.78 is 0.